The summed E-state index contributed by atoms with van der Waals surface area (Å²) in [4.78, 5) is 19.5. The molecule has 0 spiro atoms. The Kier molecular flexibility index (Phi) is 9.04. The van der Waals surface area contributed by atoms with Gasteiger partial charge >= 0.3 is 0 Å². The fourth-order valence-corrected chi connectivity index (χ4v) is 4.24. The number of hydrogen-bond acceptors (Lipinski definition) is 3. The van der Waals surface area contributed by atoms with Crippen LogP contribution in [0.1, 0.15) is 71.3 Å². The zero-order valence-electron chi connectivity index (χ0n) is 19.5. The zero-order valence-corrected chi connectivity index (χ0v) is 19.5. The zero-order chi connectivity index (χ0) is 22.1. The second-order valence-corrected chi connectivity index (χ2v) is 8.73. The summed E-state index contributed by atoms with van der Waals surface area (Å²) < 4.78 is 6.15. The number of guanidine groups is 1. The van der Waals surface area contributed by atoms with Crippen molar-refractivity contribution in [3.8, 4) is 5.75 Å². The predicted molar refractivity (Wildman–Crippen MR) is 126 cm³/mol. The van der Waals surface area contributed by atoms with Crippen molar-refractivity contribution in [1.29, 1.82) is 0 Å². The number of carbonyl (C=O) groups is 1. The standard InChI is InChI=1S/C25H40N4O2/c1-4-19(5-2)24(30)29-16-14-21(15-17-29)28-25(26-6-3)27-18-20-10-7-8-13-23(20)31-22-11-9-12-22/h7-8,10,13,19,21-22H,4-6,9,11-12,14-18H2,1-3H3,(H2,26,27,28). The SMILES string of the molecule is CCNC(=NCc1ccccc1OC1CCC1)NC1CCN(C(=O)C(CC)CC)CC1. The van der Waals surface area contributed by atoms with E-state index in [4.69, 9.17) is 9.73 Å². The number of nitrogens with one attached hydrogen (secondary N) is 2. The van der Waals surface area contributed by atoms with E-state index in [0.717, 1.165) is 75.4 Å². The normalized spacial score (nSPS) is 18.1. The Morgan fingerprint density at radius 1 is 1.13 bits per heavy atom. The Balaban J connectivity index is 1.54. The molecule has 6 nitrogen and oxygen atoms in total. The number of rotatable bonds is 9. The molecule has 2 fully saturated rings. The molecule has 0 atom stereocenters. The maximum atomic E-state index is 12.6. The Morgan fingerprint density at radius 2 is 1.84 bits per heavy atom. The number of ether oxygens (including phenoxy) is 1. The molecule has 0 bridgehead atoms. The third kappa shape index (κ3) is 6.62. The van der Waals surface area contributed by atoms with Crippen LogP contribution in [-0.4, -0.2) is 48.5 Å². The fourth-order valence-electron chi connectivity index (χ4n) is 4.24. The number of benzene rings is 1. The van der Waals surface area contributed by atoms with Gasteiger partial charge in [-0.2, -0.15) is 0 Å². The van der Waals surface area contributed by atoms with Crippen LogP contribution in [0, 0.1) is 5.92 Å². The molecule has 172 valence electrons. The van der Waals surface area contributed by atoms with Gasteiger partial charge in [0.1, 0.15) is 5.75 Å². The van der Waals surface area contributed by atoms with E-state index in [1.54, 1.807) is 0 Å². The summed E-state index contributed by atoms with van der Waals surface area (Å²) in [7, 11) is 0. The van der Waals surface area contributed by atoms with Crippen molar-refractivity contribution in [3.05, 3.63) is 29.8 Å². The second-order valence-electron chi connectivity index (χ2n) is 8.73. The van der Waals surface area contributed by atoms with Crippen molar-refractivity contribution in [2.75, 3.05) is 19.6 Å². The highest BCUT2D eigenvalue weighted by Crippen LogP contribution is 2.28. The van der Waals surface area contributed by atoms with Gasteiger partial charge in [0.2, 0.25) is 5.91 Å². The molecule has 2 aliphatic rings. The molecule has 1 heterocycles. The first-order chi connectivity index (χ1) is 15.1. The predicted octanol–water partition coefficient (Wildman–Crippen LogP) is 4.10. The van der Waals surface area contributed by atoms with E-state index in [0.29, 0.717) is 24.6 Å². The van der Waals surface area contributed by atoms with Crippen LogP contribution in [0.2, 0.25) is 0 Å². The molecule has 0 radical (unpaired) electrons. The summed E-state index contributed by atoms with van der Waals surface area (Å²) >= 11 is 0. The van der Waals surface area contributed by atoms with E-state index < -0.39 is 0 Å². The molecule has 2 N–H and O–H groups in total. The molecule has 1 aliphatic heterocycles. The average molecular weight is 429 g/mol. The summed E-state index contributed by atoms with van der Waals surface area (Å²) in [5.41, 5.74) is 1.12. The summed E-state index contributed by atoms with van der Waals surface area (Å²) in [6.07, 6.45) is 7.70. The molecular formula is C25H40N4O2. The van der Waals surface area contributed by atoms with Gasteiger partial charge in [0.15, 0.2) is 5.96 Å². The van der Waals surface area contributed by atoms with E-state index in [1.807, 2.05) is 17.0 Å². The van der Waals surface area contributed by atoms with Crippen LogP contribution in [0.25, 0.3) is 0 Å². The number of likely N-dealkylation sites (tertiary alicyclic amines) is 1. The molecule has 0 unspecified atom stereocenters. The Labute approximate surface area is 187 Å². The quantitative estimate of drug-likeness (QED) is 0.459. The van der Waals surface area contributed by atoms with E-state index >= 15 is 0 Å². The van der Waals surface area contributed by atoms with Gasteiger partial charge in [-0.15, -0.1) is 0 Å². The minimum absolute atomic E-state index is 0.172. The highest BCUT2D eigenvalue weighted by Gasteiger charge is 2.27. The first-order valence-electron chi connectivity index (χ1n) is 12.2. The first kappa shape index (κ1) is 23.4. The van der Waals surface area contributed by atoms with Gasteiger partial charge in [-0.25, -0.2) is 4.99 Å². The molecule has 1 amide bonds. The van der Waals surface area contributed by atoms with Crippen molar-refractivity contribution in [2.45, 2.75) is 84.4 Å². The number of aliphatic imine (C=N–C) groups is 1. The number of nitrogens with zero attached hydrogens (tertiary/aromatic N) is 2. The van der Waals surface area contributed by atoms with Crippen LogP contribution in [-0.2, 0) is 11.3 Å². The lowest BCUT2D eigenvalue weighted by Crippen LogP contribution is -2.50. The van der Waals surface area contributed by atoms with Crippen LogP contribution < -0.4 is 15.4 Å². The molecule has 31 heavy (non-hydrogen) atoms. The molecule has 3 rings (SSSR count). The van der Waals surface area contributed by atoms with Crippen molar-refractivity contribution in [2.24, 2.45) is 10.9 Å². The van der Waals surface area contributed by atoms with Gasteiger partial charge in [0, 0.05) is 37.2 Å². The number of piperidine rings is 1. The third-order valence-electron chi connectivity index (χ3n) is 6.55. The van der Waals surface area contributed by atoms with Crippen LogP contribution in [0.4, 0.5) is 0 Å². The van der Waals surface area contributed by atoms with Gasteiger partial charge in [-0.05, 0) is 57.9 Å². The fraction of sp³-hybridized carbons (Fsp3) is 0.680. The lowest BCUT2D eigenvalue weighted by molar-refractivity contribution is -0.136. The van der Waals surface area contributed by atoms with E-state index in [9.17, 15) is 4.79 Å². The monoisotopic (exact) mass is 428 g/mol. The lowest BCUT2D eigenvalue weighted by Gasteiger charge is -2.35. The maximum absolute atomic E-state index is 12.6. The summed E-state index contributed by atoms with van der Waals surface area (Å²) in [6, 6.07) is 8.57. The number of hydrogen-bond donors (Lipinski definition) is 2. The molecule has 0 aromatic heterocycles. The third-order valence-corrected chi connectivity index (χ3v) is 6.55. The van der Waals surface area contributed by atoms with Crippen LogP contribution in [0.3, 0.4) is 0 Å². The smallest absolute Gasteiger partial charge is 0.225 e. The second kappa shape index (κ2) is 12.0. The Hall–Kier alpha value is -2.24. The van der Waals surface area contributed by atoms with Crippen molar-refractivity contribution >= 4 is 11.9 Å². The number of carbonyl (C=O) groups excluding carboxylic acids is 1. The highest BCUT2D eigenvalue weighted by atomic mass is 16.5. The van der Waals surface area contributed by atoms with E-state index in [-0.39, 0.29) is 5.92 Å². The average Bonchev–Trinajstić information content (AvgIpc) is 2.76. The minimum atomic E-state index is 0.172. The van der Waals surface area contributed by atoms with Crippen molar-refractivity contribution < 1.29 is 9.53 Å². The molecule has 6 heteroatoms. The topological polar surface area (TPSA) is 66.0 Å². The van der Waals surface area contributed by atoms with E-state index in [1.165, 1.54) is 6.42 Å². The minimum Gasteiger partial charge on any atom is -0.490 e. The van der Waals surface area contributed by atoms with Gasteiger partial charge in [-0.1, -0.05) is 32.0 Å². The van der Waals surface area contributed by atoms with Crippen molar-refractivity contribution in [1.82, 2.24) is 15.5 Å². The number of para-hydroxylation sites is 1. The molecule has 1 aromatic carbocycles. The van der Waals surface area contributed by atoms with Gasteiger partial charge < -0.3 is 20.3 Å². The van der Waals surface area contributed by atoms with Gasteiger partial charge in [0.05, 0.1) is 12.6 Å². The van der Waals surface area contributed by atoms with Crippen molar-refractivity contribution in [3.63, 3.8) is 0 Å². The molecule has 1 saturated carbocycles. The van der Waals surface area contributed by atoms with E-state index in [2.05, 4.69) is 43.5 Å². The summed E-state index contributed by atoms with van der Waals surface area (Å²) in [5, 5.41) is 6.96. The number of amides is 1. The first-order valence-corrected chi connectivity index (χ1v) is 12.2. The molecular weight excluding hydrogens is 388 g/mol. The highest BCUT2D eigenvalue weighted by molar-refractivity contribution is 5.80. The molecule has 1 aliphatic carbocycles. The molecule has 1 saturated heterocycles. The Bertz CT molecular complexity index is 720. The summed E-state index contributed by atoms with van der Waals surface area (Å²) in [6.45, 7) is 9.35. The van der Waals surface area contributed by atoms with Gasteiger partial charge in [0.25, 0.3) is 0 Å². The maximum Gasteiger partial charge on any atom is 0.225 e. The Morgan fingerprint density at radius 3 is 2.45 bits per heavy atom. The molecule has 1 aromatic rings. The van der Waals surface area contributed by atoms with Crippen LogP contribution in [0.5, 0.6) is 5.75 Å². The van der Waals surface area contributed by atoms with Gasteiger partial charge in [-0.3, -0.25) is 4.79 Å². The lowest BCUT2D eigenvalue weighted by atomic mass is 9.96. The van der Waals surface area contributed by atoms with Crippen LogP contribution >= 0.6 is 0 Å². The summed E-state index contributed by atoms with van der Waals surface area (Å²) in [5.74, 6) is 2.29. The largest absolute Gasteiger partial charge is 0.490 e. The van der Waals surface area contributed by atoms with Crippen LogP contribution in [0.15, 0.2) is 29.3 Å².